The second-order valence-electron chi connectivity index (χ2n) is 6.23. The zero-order chi connectivity index (χ0) is 20.4. The third-order valence-electron chi connectivity index (χ3n) is 4.39. The number of fused-ring (bicyclic) bond motifs is 3. The van der Waals surface area contributed by atoms with E-state index in [1.807, 2.05) is 30.3 Å². The largest absolute Gasteiger partial charge is 0.495 e. The molecule has 1 amide bonds. The number of hydrogen-bond donors (Lipinski definition) is 1. The fourth-order valence-corrected chi connectivity index (χ4v) is 3.72. The number of anilines is 1. The molecule has 146 valence electrons. The molecule has 0 aliphatic heterocycles. The molecule has 29 heavy (non-hydrogen) atoms. The van der Waals surface area contributed by atoms with Crippen molar-refractivity contribution < 1.29 is 18.9 Å². The Hall–Kier alpha value is -3.52. The van der Waals surface area contributed by atoms with Gasteiger partial charge in [0.25, 0.3) is 5.69 Å². The summed E-state index contributed by atoms with van der Waals surface area (Å²) in [5.74, 6) is 0.471. The standard InChI is InChI=1S/C21H16N2O5S/c1-27-20-10-16-15-4-2-3-5-18(15)28-19(16)11-17(20)22-21(24)12-29-14-8-6-13(7-9-14)23(25)26/h2-11H,12H2,1H3,(H,22,24). The van der Waals surface area contributed by atoms with E-state index in [0.29, 0.717) is 17.0 Å². The van der Waals surface area contributed by atoms with E-state index in [2.05, 4.69) is 5.32 Å². The molecule has 1 aromatic heterocycles. The van der Waals surface area contributed by atoms with E-state index < -0.39 is 4.92 Å². The summed E-state index contributed by atoms with van der Waals surface area (Å²) in [4.78, 5) is 23.4. The second-order valence-corrected chi connectivity index (χ2v) is 7.28. The zero-order valence-electron chi connectivity index (χ0n) is 15.4. The van der Waals surface area contributed by atoms with Crippen LogP contribution in [0.15, 0.2) is 70.0 Å². The van der Waals surface area contributed by atoms with Gasteiger partial charge < -0.3 is 14.5 Å². The van der Waals surface area contributed by atoms with Gasteiger partial charge in [0.1, 0.15) is 16.9 Å². The first kappa shape index (κ1) is 18.8. The van der Waals surface area contributed by atoms with E-state index in [1.165, 1.54) is 23.9 Å². The predicted octanol–water partition coefficient (Wildman–Crippen LogP) is 5.23. The van der Waals surface area contributed by atoms with E-state index in [9.17, 15) is 14.9 Å². The number of rotatable bonds is 6. The smallest absolute Gasteiger partial charge is 0.269 e. The van der Waals surface area contributed by atoms with Crippen LogP contribution in [-0.2, 0) is 4.79 Å². The van der Waals surface area contributed by atoms with Crippen LogP contribution in [0.3, 0.4) is 0 Å². The van der Waals surface area contributed by atoms with Crippen molar-refractivity contribution in [2.24, 2.45) is 0 Å². The molecule has 3 aromatic carbocycles. The maximum Gasteiger partial charge on any atom is 0.269 e. The average Bonchev–Trinajstić information content (AvgIpc) is 3.09. The summed E-state index contributed by atoms with van der Waals surface area (Å²) in [5.41, 5.74) is 1.96. The topological polar surface area (TPSA) is 94.6 Å². The van der Waals surface area contributed by atoms with Gasteiger partial charge in [0.15, 0.2) is 0 Å². The van der Waals surface area contributed by atoms with Gasteiger partial charge in [-0.3, -0.25) is 14.9 Å². The Labute approximate surface area is 169 Å². The minimum atomic E-state index is -0.457. The molecule has 0 aliphatic rings. The van der Waals surface area contributed by atoms with Crippen molar-refractivity contribution in [2.75, 3.05) is 18.2 Å². The molecule has 4 aromatic rings. The Morgan fingerprint density at radius 3 is 2.59 bits per heavy atom. The maximum atomic E-state index is 12.4. The molecule has 0 spiro atoms. The second kappa shape index (κ2) is 7.84. The monoisotopic (exact) mass is 408 g/mol. The van der Waals surface area contributed by atoms with Gasteiger partial charge >= 0.3 is 0 Å². The number of benzene rings is 3. The normalized spacial score (nSPS) is 10.9. The van der Waals surface area contributed by atoms with Crippen LogP contribution < -0.4 is 10.1 Å². The van der Waals surface area contributed by atoms with Crippen molar-refractivity contribution in [3.05, 3.63) is 70.8 Å². The minimum absolute atomic E-state index is 0.0164. The number of nitrogens with zero attached hydrogens (tertiary/aromatic N) is 1. The van der Waals surface area contributed by atoms with Gasteiger partial charge in [0.2, 0.25) is 5.91 Å². The Bertz CT molecular complexity index is 1220. The first-order chi connectivity index (χ1) is 14.0. The van der Waals surface area contributed by atoms with Gasteiger partial charge in [0, 0.05) is 33.9 Å². The van der Waals surface area contributed by atoms with Crippen LogP contribution in [0.2, 0.25) is 0 Å². The lowest BCUT2D eigenvalue weighted by Gasteiger charge is -2.10. The maximum absolute atomic E-state index is 12.4. The summed E-state index contributed by atoms with van der Waals surface area (Å²) in [6.45, 7) is 0. The summed E-state index contributed by atoms with van der Waals surface area (Å²) in [7, 11) is 1.55. The molecule has 0 bridgehead atoms. The summed E-state index contributed by atoms with van der Waals surface area (Å²) in [5, 5.41) is 15.4. The van der Waals surface area contributed by atoms with Gasteiger partial charge in [-0.25, -0.2) is 0 Å². The molecule has 0 unspecified atom stereocenters. The van der Waals surface area contributed by atoms with Crippen molar-refractivity contribution in [1.82, 2.24) is 0 Å². The van der Waals surface area contributed by atoms with Crippen molar-refractivity contribution >= 4 is 51.0 Å². The molecule has 0 atom stereocenters. The minimum Gasteiger partial charge on any atom is -0.495 e. The number of nitro benzene ring substituents is 1. The number of carbonyl (C=O) groups excluding carboxylic acids is 1. The quantitative estimate of drug-likeness (QED) is 0.267. The van der Waals surface area contributed by atoms with Crippen LogP contribution in [0, 0.1) is 10.1 Å². The van der Waals surface area contributed by atoms with Crippen LogP contribution >= 0.6 is 11.8 Å². The Morgan fingerprint density at radius 2 is 1.86 bits per heavy atom. The van der Waals surface area contributed by atoms with Gasteiger partial charge in [-0.15, -0.1) is 11.8 Å². The van der Waals surface area contributed by atoms with Gasteiger partial charge in [-0.2, -0.15) is 0 Å². The molecule has 0 radical (unpaired) electrons. The summed E-state index contributed by atoms with van der Waals surface area (Å²) in [6, 6.07) is 17.4. The number of thioether (sulfide) groups is 1. The van der Waals surface area contributed by atoms with Crippen molar-refractivity contribution in [2.45, 2.75) is 4.90 Å². The molecule has 0 saturated carbocycles. The lowest BCUT2D eigenvalue weighted by Crippen LogP contribution is -2.14. The lowest BCUT2D eigenvalue weighted by molar-refractivity contribution is -0.384. The number of amides is 1. The molecule has 1 heterocycles. The van der Waals surface area contributed by atoms with Crippen molar-refractivity contribution in [1.29, 1.82) is 0 Å². The van der Waals surface area contributed by atoms with E-state index in [-0.39, 0.29) is 17.3 Å². The Balaban J connectivity index is 1.51. The van der Waals surface area contributed by atoms with Gasteiger partial charge in [0.05, 0.1) is 23.5 Å². The van der Waals surface area contributed by atoms with E-state index in [1.54, 1.807) is 25.3 Å². The zero-order valence-corrected chi connectivity index (χ0v) is 16.2. The fourth-order valence-electron chi connectivity index (χ4n) is 3.02. The molecule has 7 nitrogen and oxygen atoms in total. The summed E-state index contributed by atoms with van der Waals surface area (Å²) >= 11 is 1.29. The highest BCUT2D eigenvalue weighted by Gasteiger charge is 2.14. The van der Waals surface area contributed by atoms with E-state index in [4.69, 9.17) is 9.15 Å². The number of furan rings is 1. The molecular formula is C21H16N2O5S. The number of non-ortho nitro benzene ring substituents is 1. The molecular weight excluding hydrogens is 392 g/mol. The van der Waals surface area contributed by atoms with Crippen LogP contribution in [0.4, 0.5) is 11.4 Å². The van der Waals surface area contributed by atoms with Crippen LogP contribution in [-0.4, -0.2) is 23.7 Å². The van der Waals surface area contributed by atoms with Crippen LogP contribution in [0.25, 0.3) is 21.9 Å². The SMILES string of the molecule is COc1cc2c(cc1NC(=O)CSc1ccc([N+](=O)[O-])cc1)oc1ccccc12. The number of carbonyl (C=O) groups is 1. The summed E-state index contributed by atoms with van der Waals surface area (Å²) < 4.78 is 11.3. The van der Waals surface area contributed by atoms with Gasteiger partial charge in [-0.1, -0.05) is 18.2 Å². The molecule has 0 saturated heterocycles. The number of methoxy groups -OCH3 is 1. The Kier molecular flexibility index (Phi) is 5.09. The Morgan fingerprint density at radius 1 is 1.10 bits per heavy atom. The molecule has 4 rings (SSSR count). The molecule has 8 heteroatoms. The number of para-hydroxylation sites is 1. The van der Waals surface area contributed by atoms with Crippen LogP contribution in [0.1, 0.15) is 0 Å². The van der Waals surface area contributed by atoms with Crippen molar-refractivity contribution in [3.63, 3.8) is 0 Å². The molecule has 0 aliphatic carbocycles. The van der Waals surface area contributed by atoms with Gasteiger partial charge in [-0.05, 0) is 24.3 Å². The highest BCUT2D eigenvalue weighted by atomic mass is 32.2. The number of nitro groups is 1. The lowest BCUT2D eigenvalue weighted by atomic mass is 10.1. The van der Waals surface area contributed by atoms with E-state index in [0.717, 1.165) is 21.3 Å². The highest BCUT2D eigenvalue weighted by Crippen LogP contribution is 2.36. The molecule has 0 fully saturated rings. The average molecular weight is 408 g/mol. The third kappa shape index (κ3) is 3.88. The third-order valence-corrected chi connectivity index (χ3v) is 5.40. The highest BCUT2D eigenvalue weighted by molar-refractivity contribution is 8.00. The summed E-state index contributed by atoms with van der Waals surface area (Å²) in [6.07, 6.45) is 0. The van der Waals surface area contributed by atoms with E-state index >= 15 is 0 Å². The first-order valence-corrected chi connectivity index (χ1v) is 9.70. The number of ether oxygens (including phenoxy) is 1. The number of hydrogen-bond acceptors (Lipinski definition) is 6. The van der Waals surface area contributed by atoms with Crippen LogP contribution in [0.5, 0.6) is 5.75 Å². The van der Waals surface area contributed by atoms with Crippen molar-refractivity contribution in [3.8, 4) is 5.75 Å². The molecule has 1 N–H and O–H groups in total. The number of nitrogens with one attached hydrogen (secondary N) is 1. The predicted molar refractivity (Wildman–Crippen MR) is 113 cm³/mol. The first-order valence-electron chi connectivity index (χ1n) is 8.71. The fraction of sp³-hybridized carbons (Fsp3) is 0.0952.